The fraction of sp³-hybridized carbons (Fsp3) is 0.381. The van der Waals surface area contributed by atoms with Crippen LogP contribution in [0.3, 0.4) is 0 Å². The quantitative estimate of drug-likeness (QED) is 0.779. The predicted octanol–water partition coefficient (Wildman–Crippen LogP) is 0.822. The van der Waals surface area contributed by atoms with Crippen molar-refractivity contribution in [2.45, 2.75) is 25.6 Å². The number of carbonyl (C=O) groups excluding carboxylic acids is 1. The topological polar surface area (TPSA) is 68.1 Å². The lowest BCUT2D eigenvalue weighted by molar-refractivity contribution is -0.931. The van der Waals surface area contributed by atoms with E-state index in [9.17, 15) is 17.6 Å². The molecule has 154 valence electrons. The van der Waals surface area contributed by atoms with Crippen LogP contribution in [0.1, 0.15) is 12.5 Å². The van der Waals surface area contributed by atoms with Crippen LogP contribution in [0.15, 0.2) is 48.5 Å². The van der Waals surface area contributed by atoms with Crippen LogP contribution < -0.4 is 14.5 Å². The SMILES string of the molecule is CCOc1ccc(N2C(=O)C[NH+](Cc3ccc(F)cc3)[C@H]3CS(=O)(=O)C[C@@H]32)cc1. The van der Waals surface area contributed by atoms with Gasteiger partial charge in [-0.15, -0.1) is 0 Å². The van der Waals surface area contributed by atoms with Crippen LogP contribution in [-0.4, -0.2) is 51.1 Å². The summed E-state index contributed by atoms with van der Waals surface area (Å²) in [4.78, 5) is 15.6. The molecule has 2 aliphatic heterocycles. The van der Waals surface area contributed by atoms with Crippen molar-refractivity contribution >= 4 is 21.4 Å². The molecule has 2 fully saturated rings. The number of carbonyl (C=O) groups is 1. The van der Waals surface area contributed by atoms with Crippen LogP contribution in [0.25, 0.3) is 0 Å². The van der Waals surface area contributed by atoms with Crippen molar-refractivity contribution in [1.82, 2.24) is 0 Å². The van der Waals surface area contributed by atoms with Crippen molar-refractivity contribution in [1.29, 1.82) is 0 Å². The molecule has 0 bridgehead atoms. The van der Waals surface area contributed by atoms with Gasteiger partial charge in [-0.3, -0.25) is 9.69 Å². The second-order valence-electron chi connectivity index (χ2n) is 7.58. The number of anilines is 1. The van der Waals surface area contributed by atoms with E-state index in [1.54, 1.807) is 41.3 Å². The summed E-state index contributed by atoms with van der Waals surface area (Å²) in [5.74, 6) is 0.296. The molecule has 1 unspecified atom stereocenters. The Morgan fingerprint density at radius 1 is 1.10 bits per heavy atom. The average Bonchev–Trinajstić information content (AvgIpc) is 3.00. The molecule has 6 nitrogen and oxygen atoms in total. The number of hydrogen-bond donors (Lipinski definition) is 1. The Morgan fingerprint density at radius 3 is 2.45 bits per heavy atom. The molecular formula is C21H24FN2O4S+. The van der Waals surface area contributed by atoms with Gasteiger partial charge in [0, 0.05) is 11.3 Å². The Kier molecular flexibility index (Phi) is 5.31. The van der Waals surface area contributed by atoms with Gasteiger partial charge < -0.3 is 9.64 Å². The molecule has 2 aromatic rings. The molecule has 29 heavy (non-hydrogen) atoms. The van der Waals surface area contributed by atoms with Crippen molar-refractivity contribution in [3.63, 3.8) is 0 Å². The van der Waals surface area contributed by atoms with E-state index in [1.807, 2.05) is 6.92 Å². The summed E-state index contributed by atoms with van der Waals surface area (Å²) >= 11 is 0. The van der Waals surface area contributed by atoms with Gasteiger partial charge in [0.25, 0.3) is 5.91 Å². The molecule has 2 heterocycles. The molecule has 0 spiro atoms. The first kappa shape index (κ1) is 19.8. The lowest BCUT2D eigenvalue weighted by Crippen LogP contribution is -3.19. The molecule has 1 amide bonds. The maximum Gasteiger partial charge on any atom is 0.282 e. The fourth-order valence-electron chi connectivity index (χ4n) is 4.33. The fourth-order valence-corrected chi connectivity index (χ4v) is 6.37. The Labute approximate surface area is 169 Å². The van der Waals surface area contributed by atoms with E-state index in [4.69, 9.17) is 4.74 Å². The third-order valence-electron chi connectivity index (χ3n) is 5.60. The van der Waals surface area contributed by atoms with Gasteiger partial charge in [0.15, 0.2) is 16.4 Å². The molecule has 2 aromatic carbocycles. The second-order valence-corrected chi connectivity index (χ2v) is 9.73. The van der Waals surface area contributed by atoms with Crippen molar-refractivity contribution in [2.24, 2.45) is 0 Å². The molecule has 0 aliphatic carbocycles. The number of rotatable bonds is 5. The summed E-state index contributed by atoms with van der Waals surface area (Å²) in [6.07, 6.45) is 0. The van der Waals surface area contributed by atoms with E-state index >= 15 is 0 Å². The summed E-state index contributed by atoms with van der Waals surface area (Å²) in [5.41, 5.74) is 1.57. The lowest BCUT2D eigenvalue weighted by atomic mass is 10.0. The zero-order valence-corrected chi connectivity index (χ0v) is 17.0. The maximum absolute atomic E-state index is 13.2. The van der Waals surface area contributed by atoms with E-state index in [0.29, 0.717) is 24.6 Å². The highest BCUT2D eigenvalue weighted by molar-refractivity contribution is 7.91. The lowest BCUT2D eigenvalue weighted by Gasteiger charge is -2.40. The highest BCUT2D eigenvalue weighted by Gasteiger charge is 2.52. The Bertz CT molecular complexity index is 992. The van der Waals surface area contributed by atoms with Gasteiger partial charge in [-0.1, -0.05) is 12.1 Å². The number of ether oxygens (including phenoxy) is 1. The number of piperazine rings is 1. The smallest absolute Gasteiger partial charge is 0.282 e. The highest BCUT2D eigenvalue weighted by Crippen LogP contribution is 2.28. The Hall–Kier alpha value is -2.45. The molecule has 4 rings (SSSR count). The molecule has 2 saturated heterocycles. The molecule has 1 N–H and O–H groups in total. The number of quaternary nitrogens is 1. The first-order chi connectivity index (χ1) is 13.9. The minimum Gasteiger partial charge on any atom is -0.494 e. The second kappa shape index (κ2) is 7.76. The first-order valence-electron chi connectivity index (χ1n) is 9.70. The number of sulfone groups is 1. The van der Waals surface area contributed by atoms with Crippen LogP contribution in [0.2, 0.25) is 0 Å². The van der Waals surface area contributed by atoms with Crippen LogP contribution in [-0.2, 0) is 21.2 Å². The Morgan fingerprint density at radius 2 is 1.79 bits per heavy atom. The van der Waals surface area contributed by atoms with Gasteiger partial charge in [-0.25, -0.2) is 12.8 Å². The molecular weight excluding hydrogens is 395 g/mol. The van der Waals surface area contributed by atoms with Gasteiger partial charge >= 0.3 is 0 Å². The van der Waals surface area contributed by atoms with Gasteiger partial charge in [-0.2, -0.15) is 0 Å². The number of benzene rings is 2. The maximum atomic E-state index is 13.2. The van der Waals surface area contributed by atoms with Crippen molar-refractivity contribution in [2.75, 3.05) is 29.6 Å². The monoisotopic (exact) mass is 419 g/mol. The molecule has 2 aliphatic rings. The standard InChI is InChI=1S/C21H23FN2O4S/c1-2-28-18-9-7-17(8-10-18)24-20-14-29(26,27)13-19(20)23(12-21(24)25)11-15-3-5-16(22)6-4-15/h3-10,19-20H,2,11-14H2,1H3/p+1/t19-,20-/m0/s1. The van der Waals surface area contributed by atoms with Gasteiger partial charge in [0.2, 0.25) is 0 Å². The zero-order chi connectivity index (χ0) is 20.6. The Balaban J connectivity index is 1.61. The summed E-state index contributed by atoms with van der Waals surface area (Å²) in [6, 6.07) is 12.7. The average molecular weight is 419 g/mol. The highest BCUT2D eigenvalue weighted by atomic mass is 32.2. The van der Waals surface area contributed by atoms with E-state index in [0.717, 1.165) is 10.5 Å². The van der Waals surface area contributed by atoms with Crippen LogP contribution in [0.4, 0.5) is 10.1 Å². The minimum atomic E-state index is -3.24. The van der Waals surface area contributed by atoms with E-state index < -0.39 is 15.9 Å². The van der Waals surface area contributed by atoms with E-state index in [1.165, 1.54) is 12.1 Å². The summed E-state index contributed by atoms with van der Waals surface area (Å²) in [6.45, 7) is 3.13. The molecule has 0 radical (unpaired) electrons. The molecule has 0 aromatic heterocycles. The van der Waals surface area contributed by atoms with Gasteiger partial charge in [0.1, 0.15) is 35.9 Å². The number of nitrogens with zero attached hydrogens (tertiary/aromatic N) is 1. The molecule has 0 saturated carbocycles. The van der Waals surface area contributed by atoms with Gasteiger partial charge in [-0.05, 0) is 43.3 Å². The molecule has 3 atom stereocenters. The summed E-state index contributed by atoms with van der Waals surface area (Å²) < 4.78 is 43.5. The summed E-state index contributed by atoms with van der Waals surface area (Å²) in [7, 11) is -3.24. The summed E-state index contributed by atoms with van der Waals surface area (Å²) in [5, 5.41) is 0. The number of nitrogens with one attached hydrogen (secondary N) is 1. The zero-order valence-electron chi connectivity index (χ0n) is 16.2. The number of amides is 1. The van der Waals surface area contributed by atoms with E-state index in [2.05, 4.69) is 0 Å². The van der Waals surface area contributed by atoms with Crippen molar-refractivity contribution in [3.05, 3.63) is 59.9 Å². The predicted molar refractivity (Wildman–Crippen MR) is 107 cm³/mol. The number of halogens is 1. The third kappa shape index (κ3) is 4.13. The van der Waals surface area contributed by atoms with Crippen molar-refractivity contribution < 1.29 is 27.2 Å². The van der Waals surface area contributed by atoms with E-state index in [-0.39, 0.29) is 35.8 Å². The largest absolute Gasteiger partial charge is 0.494 e. The minimum absolute atomic E-state index is 0.0382. The van der Waals surface area contributed by atoms with Crippen molar-refractivity contribution in [3.8, 4) is 5.75 Å². The first-order valence-corrected chi connectivity index (χ1v) is 11.5. The van der Waals surface area contributed by atoms with Crippen LogP contribution in [0, 0.1) is 5.82 Å². The molecule has 8 heteroatoms. The normalized spacial score (nSPS) is 25.7. The third-order valence-corrected chi connectivity index (χ3v) is 7.31. The van der Waals surface area contributed by atoms with Crippen LogP contribution >= 0.6 is 0 Å². The van der Waals surface area contributed by atoms with Gasteiger partial charge in [0.05, 0.1) is 12.4 Å². The number of fused-ring (bicyclic) bond motifs is 1. The number of hydrogen-bond acceptors (Lipinski definition) is 4. The van der Waals surface area contributed by atoms with Crippen LogP contribution in [0.5, 0.6) is 5.75 Å².